The zero-order chi connectivity index (χ0) is 6.41. The van der Waals surface area contributed by atoms with Crippen molar-refractivity contribution in [1.82, 2.24) is 0 Å². The van der Waals surface area contributed by atoms with Gasteiger partial charge >= 0.3 is 27.7 Å². The zero-order valence-electron chi connectivity index (χ0n) is 4.33. The van der Waals surface area contributed by atoms with Crippen molar-refractivity contribution < 1.29 is 22.6 Å². The molecule has 0 N–H and O–H groups in total. The van der Waals surface area contributed by atoms with E-state index in [0.717, 1.165) is 5.76 Å². The third-order valence-electron chi connectivity index (χ3n) is 0.663. The normalized spacial score (nSPS) is 7.50. The molecule has 0 bridgehead atoms. The van der Waals surface area contributed by atoms with Gasteiger partial charge < -0.3 is 4.42 Å². The maximum absolute atomic E-state index is 4.83. The van der Waals surface area contributed by atoms with Crippen LogP contribution in [0, 0.1) is 6.92 Å². The van der Waals surface area contributed by atoms with Crippen LogP contribution in [-0.2, 0) is 18.2 Å². The van der Waals surface area contributed by atoms with Crippen LogP contribution in [0.5, 0.6) is 0 Å². The molecular weight excluding hydrogens is 218 g/mol. The van der Waals surface area contributed by atoms with Crippen molar-refractivity contribution in [3.05, 3.63) is 24.2 Å². The van der Waals surface area contributed by atoms with E-state index in [-0.39, 0.29) is 0 Å². The maximum atomic E-state index is 4.83. The van der Waals surface area contributed by atoms with Crippen molar-refractivity contribution in [3.63, 3.8) is 0 Å². The van der Waals surface area contributed by atoms with Crippen LogP contribution in [0.3, 0.4) is 0 Å². The molecule has 0 fully saturated rings. The first-order chi connectivity index (χ1) is 3.89. The SMILES string of the molecule is Cc1ccco1.[Cl][Pd]. The van der Waals surface area contributed by atoms with E-state index in [9.17, 15) is 0 Å². The standard InChI is InChI=1S/C5H6O.ClH.Pd/c1-5-3-2-4-6-5;;/h2-4H,1H3;1H;/q;;+1/p-1. The van der Waals surface area contributed by atoms with E-state index < -0.39 is 0 Å². The third kappa shape index (κ3) is 3.26. The molecule has 1 aromatic heterocycles. The predicted molar refractivity (Wildman–Crippen MR) is 29.3 cm³/mol. The van der Waals surface area contributed by atoms with Gasteiger partial charge in [0.1, 0.15) is 5.76 Å². The summed E-state index contributed by atoms with van der Waals surface area (Å²) in [6.07, 6.45) is 1.66. The molecule has 0 atom stereocenters. The van der Waals surface area contributed by atoms with E-state index in [1.165, 1.54) is 0 Å². The van der Waals surface area contributed by atoms with Crippen LogP contribution in [0.15, 0.2) is 22.8 Å². The molecule has 0 aliphatic heterocycles. The fourth-order valence-corrected chi connectivity index (χ4v) is 0.361. The first kappa shape index (κ1) is 8.23. The van der Waals surface area contributed by atoms with E-state index in [1.54, 1.807) is 6.26 Å². The molecule has 3 heteroatoms. The van der Waals surface area contributed by atoms with E-state index in [4.69, 9.17) is 4.42 Å². The molecule has 1 rings (SSSR count). The van der Waals surface area contributed by atoms with Crippen LogP contribution in [0.2, 0.25) is 0 Å². The number of hydrogen-bond donors (Lipinski definition) is 0. The summed E-state index contributed by atoms with van der Waals surface area (Å²) in [4.78, 5) is 0. The Morgan fingerprint density at radius 2 is 2.25 bits per heavy atom. The van der Waals surface area contributed by atoms with Gasteiger partial charge in [-0.25, -0.2) is 0 Å². The topological polar surface area (TPSA) is 13.1 Å². The van der Waals surface area contributed by atoms with Gasteiger partial charge in [0.15, 0.2) is 0 Å². The minimum atomic E-state index is 0.968. The molecule has 0 aliphatic rings. The van der Waals surface area contributed by atoms with Crippen LogP contribution >= 0.6 is 9.53 Å². The fourth-order valence-electron chi connectivity index (χ4n) is 0.361. The zero-order valence-corrected chi connectivity index (χ0v) is 6.65. The molecule has 1 nitrogen and oxygen atoms in total. The van der Waals surface area contributed by atoms with Crippen LogP contribution in [-0.4, -0.2) is 0 Å². The summed E-state index contributed by atoms with van der Waals surface area (Å²) in [5, 5.41) is 0. The van der Waals surface area contributed by atoms with Crippen LogP contribution in [0.1, 0.15) is 5.76 Å². The summed E-state index contributed by atoms with van der Waals surface area (Å²) in [6.45, 7) is 1.92. The molecule has 0 aliphatic carbocycles. The van der Waals surface area contributed by atoms with Crippen molar-refractivity contribution >= 4 is 9.53 Å². The molecule has 0 radical (unpaired) electrons. The summed E-state index contributed by atoms with van der Waals surface area (Å²) >= 11 is 2.22. The van der Waals surface area contributed by atoms with Gasteiger partial charge in [-0.15, -0.1) is 0 Å². The number of halogens is 1. The van der Waals surface area contributed by atoms with Crippen LogP contribution in [0.4, 0.5) is 0 Å². The molecule has 1 aromatic rings. The van der Waals surface area contributed by atoms with Crippen molar-refractivity contribution in [3.8, 4) is 0 Å². The average Bonchev–Trinajstić information content (AvgIpc) is 2.24. The molecule has 0 spiro atoms. The van der Waals surface area contributed by atoms with Gasteiger partial charge in [-0.3, -0.25) is 0 Å². The molecule has 0 amide bonds. The molecule has 0 aromatic carbocycles. The number of rotatable bonds is 0. The molecule has 8 heavy (non-hydrogen) atoms. The van der Waals surface area contributed by atoms with E-state index >= 15 is 0 Å². The van der Waals surface area contributed by atoms with E-state index in [0.29, 0.717) is 0 Å². The van der Waals surface area contributed by atoms with Gasteiger partial charge in [0.2, 0.25) is 0 Å². The summed E-state index contributed by atoms with van der Waals surface area (Å²) < 4.78 is 4.83. The molecule has 0 unspecified atom stereocenters. The van der Waals surface area contributed by atoms with Crippen LogP contribution < -0.4 is 0 Å². The monoisotopic (exact) mass is 223 g/mol. The second-order valence-electron chi connectivity index (χ2n) is 1.22. The molecule has 1 heterocycles. The molecule has 49 valence electrons. The van der Waals surface area contributed by atoms with Gasteiger partial charge in [0.05, 0.1) is 6.26 Å². The van der Waals surface area contributed by atoms with Gasteiger partial charge in [-0.05, 0) is 19.1 Å². The van der Waals surface area contributed by atoms with Crippen molar-refractivity contribution in [2.45, 2.75) is 6.92 Å². The van der Waals surface area contributed by atoms with E-state index in [1.807, 2.05) is 19.1 Å². The number of aryl methyl sites for hydroxylation is 1. The molecular formula is C5H6ClOPd. The fraction of sp³-hybridized carbons (Fsp3) is 0.200. The quantitative estimate of drug-likeness (QED) is 0.616. The summed E-state index contributed by atoms with van der Waals surface area (Å²) in [5.41, 5.74) is 0. The Bertz CT molecular complexity index is 116. The number of hydrogen-bond acceptors (Lipinski definition) is 1. The average molecular weight is 224 g/mol. The van der Waals surface area contributed by atoms with Crippen molar-refractivity contribution in [2.24, 2.45) is 0 Å². The van der Waals surface area contributed by atoms with Gasteiger partial charge in [0.25, 0.3) is 0 Å². The van der Waals surface area contributed by atoms with Gasteiger partial charge in [-0.1, -0.05) is 0 Å². The first-order valence-corrected chi connectivity index (χ1v) is 4.02. The summed E-state index contributed by atoms with van der Waals surface area (Å²) in [5.74, 6) is 0.968. The Morgan fingerprint density at radius 3 is 2.38 bits per heavy atom. The Kier molecular flexibility index (Phi) is 5.53. The predicted octanol–water partition coefficient (Wildman–Crippen LogP) is 2.28. The number of furan rings is 1. The van der Waals surface area contributed by atoms with Crippen LogP contribution in [0.25, 0.3) is 0 Å². The molecule has 0 saturated carbocycles. The van der Waals surface area contributed by atoms with E-state index in [2.05, 4.69) is 27.7 Å². The Hall–Kier alpha value is 0.232. The molecule has 0 saturated heterocycles. The Balaban J connectivity index is 0.000000222. The second kappa shape index (κ2) is 5.37. The Labute approximate surface area is 63.4 Å². The Morgan fingerprint density at radius 1 is 1.62 bits per heavy atom. The summed E-state index contributed by atoms with van der Waals surface area (Å²) in [7, 11) is 4.49. The van der Waals surface area contributed by atoms with Gasteiger partial charge in [0, 0.05) is 0 Å². The van der Waals surface area contributed by atoms with Crippen molar-refractivity contribution in [1.29, 1.82) is 0 Å². The van der Waals surface area contributed by atoms with Gasteiger partial charge in [-0.2, -0.15) is 0 Å². The summed E-state index contributed by atoms with van der Waals surface area (Å²) in [6, 6.07) is 3.79. The minimum absolute atomic E-state index is 0.968. The first-order valence-electron chi connectivity index (χ1n) is 2.01. The van der Waals surface area contributed by atoms with Crippen molar-refractivity contribution in [2.75, 3.05) is 0 Å². The second-order valence-corrected chi connectivity index (χ2v) is 1.22. The third-order valence-corrected chi connectivity index (χ3v) is 0.663.